The summed E-state index contributed by atoms with van der Waals surface area (Å²) < 4.78 is -0.417. The van der Waals surface area contributed by atoms with Crippen molar-refractivity contribution in [3.05, 3.63) is 52.7 Å². The molecule has 0 fully saturated rings. The van der Waals surface area contributed by atoms with Crippen LogP contribution in [-0.2, 0) is 6.54 Å². The molecular formula is C20H28N2O2. The summed E-state index contributed by atoms with van der Waals surface area (Å²) in [7, 11) is 3.25. The second-order valence-electron chi connectivity index (χ2n) is 7.45. The molecule has 0 bridgehead atoms. The van der Waals surface area contributed by atoms with Crippen molar-refractivity contribution >= 4 is 16.7 Å². The molecule has 2 rings (SSSR count). The van der Waals surface area contributed by atoms with Crippen molar-refractivity contribution in [3.63, 3.8) is 0 Å². The Balaban J connectivity index is 2.64. The molecule has 0 aliphatic heterocycles. The number of quaternary nitrogens is 1. The number of carbonyl (C=O) groups excluding carboxylic acids is 1. The molecule has 0 N–H and O–H groups in total. The molecule has 0 saturated heterocycles. The SMILES string of the molecule is CC(C)N(C(=O)c1cccc2cccc(C[N+](C)(C)[O-])c12)C(C)C. The Bertz CT molecular complexity index is 717. The minimum Gasteiger partial charge on any atom is -0.633 e. The van der Waals surface area contributed by atoms with Crippen LogP contribution >= 0.6 is 0 Å². The van der Waals surface area contributed by atoms with Crippen molar-refractivity contribution in [3.8, 4) is 0 Å². The first kappa shape index (κ1) is 18.4. The summed E-state index contributed by atoms with van der Waals surface area (Å²) in [4.78, 5) is 15.1. The van der Waals surface area contributed by atoms with Gasteiger partial charge in [-0.3, -0.25) is 4.79 Å². The molecule has 0 aliphatic rings. The maximum absolute atomic E-state index is 13.2. The summed E-state index contributed by atoms with van der Waals surface area (Å²) in [6.07, 6.45) is 0. The van der Waals surface area contributed by atoms with Gasteiger partial charge in [0.2, 0.25) is 0 Å². The number of carbonyl (C=O) groups is 1. The molecule has 4 heteroatoms. The van der Waals surface area contributed by atoms with Gasteiger partial charge in [0.1, 0.15) is 6.54 Å². The highest BCUT2D eigenvalue weighted by Gasteiger charge is 2.24. The predicted molar refractivity (Wildman–Crippen MR) is 99.6 cm³/mol. The first-order chi connectivity index (χ1) is 11.1. The zero-order chi connectivity index (χ0) is 18.1. The second kappa shape index (κ2) is 6.91. The van der Waals surface area contributed by atoms with Crippen LogP contribution in [-0.4, -0.2) is 41.6 Å². The number of hydroxylamine groups is 3. The number of hydrogen-bond acceptors (Lipinski definition) is 2. The summed E-state index contributed by atoms with van der Waals surface area (Å²) in [6, 6.07) is 11.9. The van der Waals surface area contributed by atoms with E-state index in [2.05, 4.69) is 0 Å². The van der Waals surface area contributed by atoms with Crippen molar-refractivity contribution in [2.24, 2.45) is 0 Å². The lowest BCUT2D eigenvalue weighted by molar-refractivity contribution is -0.853. The van der Waals surface area contributed by atoms with E-state index in [1.165, 1.54) is 0 Å². The Kier molecular flexibility index (Phi) is 5.31. The summed E-state index contributed by atoms with van der Waals surface area (Å²) >= 11 is 0. The Morgan fingerprint density at radius 3 is 2.08 bits per heavy atom. The van der Waals surface area contributed by atoms with Gasteiger partial charge in [0, 0.05) is 28.6 Å². The fourth-order valence-corrected chi connectivity index (χ4v) is 3.34. The Hall–Kier alpha value is -1.91. The molecular weight excluding hydrogens is 300 g/mol. The summed E-state index contributed by atoms with van der Waals surface area (Å²) in [5.41, 5.74) is 1.60. The zero-order valence-corrected chi connectivity index (χ0v) is 15.5. The third-order valence-corrected chi connectivity index (χ3v) is 4.12. The quantitative estimate of drug-likeness (QED) is 0.610. The number of hydrogen-bond donors (Lipinski definition) is 0. The van der Waals surface area contributed by atoms with Crippen LogP contribution in [0.4, 0.5) is 0 Å². The third-order valence-electron chi connectivity index (χ3n) is 4.12. The molecule has 24 heavy (non-hydrogen) atoms. The lowest BCUT2D eigenvalue weighted by atomic mass is 9.97. The molecule has 2 aromatic carbocycles. The van der Waals surface area contributed by atoms with Gasteiger partial charge in [-0.05, 0) is 39.1 Å². The predicted octanol–water partition coefficient (Wildman–Crippen LogP) is 4.17. The van der Waals surface area contributed by atoms with E-state index in [9.17, 15) is 10.0 Å². The number of fused-ring (bicyclic) bond motifs is 1. The number of nitrogens with zero attached hydrogens (tertiary/aromatic N) is 2. The Morgan fingerprint density at radius 2 is 1.58 bits per heavy atom. The van der Waals surface area contributed by atoms with Gasteiger partial charge in [0.15, 0.2) is 0 Å². The van der Waals surface area contributed by atoms with Crippen molar-refractivity contribution in [1.29, 1.82) is 0 Å². The van der Waals surface area contributed by atoms with Gasteiger partial charge in [-0.1, -0.05) is 30.3 Å². The van der Waals surface area contributed by atoms with Crippen LogP contribution in [0.2, 0.25) is 0 Å². The third kappa shape index (κ3) is 3.94. The van der Waals surface area contributed by atoms with Gasteiger partial charge in [-0.15, -0.1) is 0 Å². The number of benzene rings is 2. The molecule has 0 heterocycles. The van der Waals surface area contributed by atoms with Gasteiger partial charge in [-0.25, -0.2) is 0 Å². The van der Waals surface area contributed by atoms with Crippen LogP contribution < -0.4 is 0 Å². The van der Waals surface area contributed by atoms with E-state index in [1.54, 1.807) is 14.1 Å². The van der Waals surface area contributed by atoms with Crippen LogP contribution in [0, 0.1) is 5.21 Å². The number of amides is 1. The van der Waals surface area contributed by atoms with Crippen molar-refractivity contribution in [1.82, 2.24) is 4.90 Å². The highest BCUT2D eigenvalue weighted by Crippen LogP contribution is 2.27. The summed E-state index contributed by atoms with van der Waals surface area (Å²) in [5.74, 6) is 0.0225. The highest BCUT2D eigenvalue weighted by molar-refractivity contribution is 6.08. The van der Waals surface area contributed by atoms with Crippen LogP contribution in [0.1, 0.15) is 43.6 Å². The second-order valence-corrected chi connectivity index (χ2v) is 7.45. The smallest absolute Gasteiger partial charge is 0.254 e. The molecule has 130 valence electrons. The van der Waals surface area contributed by atoms with Gasteiger partial charge in [0.25, 0.3) is 5.91 Å². The Morgan fingerprint density at radius 1 is 1.04 bits per heavy atom. The van der Waals surface area contributed by atoms with Gasteiger partial charge < -0.3 is 14.8 Å². The lowest BCUT2D eigenvalue weighted by Gasteiger charge is -2.35. The minimum atomic E-state index is -0.417. The summed E-state index contributed by atoms with van der Waals surface area (Å²) in [5, 5.41) is 14.1. The molecule has 4 nitrogen and oxygen atoms in total. The fourth-order valence-electron chi connectivity index (χ4n) is 3.34. The van der Waals surface area contributed by atoms with E-state index < -0.39 is 4.65 Å². The largest absolute Gasteiger partial charge is 0.633 e. The first-order valence-corrected chi connectivity index (χ1v) is 8.49. The average molecular weight is 328 g/mol. The van der Waals surface area contributed by atoms with Crippen LogP contribution in [0.25, 0.3) is 10.8 Å². The maximum Gasteiger partial charge on any atom is 0.254 e. The fraction of sp³-hybridized carbons (Fsp3) is 0.450. The average Bonchev–Trinajstić information content (AvgIpc) is 2.44. The molecule has 1 amide bonds. The maximum atomic E-state index is 13.2. The van der Waals surface area contributed by atoms with Crippen molar-refractivity contribution in [2.45, 2.75) is 46.3 Å². The standard InChI is InChI=1S/C20H28N2O2/c1-14(2)21(15(3)4)20(23)18-12-8-10-16-9-7-11-17(19(16)18)13-22(5,6)24/h7-12,14-15H,13H2,1-6H3. The lowest BCUT2D eigenvalue weighted by Crippen LogP contribution is -2.42. The van der Waals surface area contributed by atoms with Crippen LogP contribution in [0.5, 0.6) is 0 Å². The molecule has 0 atom stereocenters. The van der Waals surface area contributed by atoms with E-state index in [4.69, 9.17) is 0 Å². The molecule has 0 spiro atoms. The van der Waals surface area contributed by atoms with Crippen LogP contribution in [0.3, 0.4) is 0 Å². The van der Waals surface area contributed by atoms with Gasteiger partial charge in [-0.2, -0.15) is 0 Å². The molecule has 0 radical (unpaired) electrons. The first-order valence-electron chi connectivity index (χ1n) is 8.49. The molecule has 2 aromatic rings. The number of rotatable bonds is 5. The van der Waals surface area contributed by atoms with E-state index >= 15 is 0 Å². The normalized spacial score (nSPS) is 12.2. The van der Waals surface area contributed by atoms with E-state index in [-0.39, 0.29) is 18.0 Å². The summed E-state index contributed by atoms with van der Waals surface area (Å²) in [6.45, 7) is 8.46. The molecule has 0 aromatic heterocycles. The van der Waals surface area contributed by atoms with Crippen molar-refractivity contribution < 1.29 is 9.44 Å². The van der Waals surface area contributed by atoms with E-state index in [0.29, 0.717) is 12.1 Å². The van der Waals surface area contributed by atoms with Gasteiger partial charge >= 0.3 is 0 Å². The minimum absolute atomic E-state index is 0.0225. The van der Waals surface area contributed by atoms with Gasteiger partial charge in [0.05, 0.1) is 14.1 Å². The van der Waals surface area contributed by atoms with Crippen molar-refractivity contribution in [2.75, 3.05) is 14.1 Å². The Labute approximate surface area is 144 Å². The van der Waals surface area contributed by atoms with E-state index in [0.717, 1.165) is 16.3 Å². The zero-order valence-electron chi connectivity index (χ0n) is 15.5. The topological polar surface area (TPSA) is 43.4 Å². The monoisotopic (exact) mass is 328 g/mol. The molecule has 0 unspecified atom stereocenters. The van der Waals surface area contributed by atoms with E-state index in [1.807, 2.05) is 69.0 Å². The molecule has 0 aliphatic carbocycles. The molecule has 0 saturated carbocycles. The highest BCUT2D eigenvalue weighted by atomic mass is 16.5. The van der Waals surface area contributed by atoms with Crippen LogP contribution in [0.15, 0.2) is 36.4 Å².